The van der Waals surface area contributed by atoms with Gasteiger partial charge in [0.05, 0.1) is 12.3 Å². The van der Waals surface area contributed by atoms with E-state index in [1.54, 1.807) is 24.5 Å². The largest absolute Gasteiger partial charge is 0.350 e. The number of carbonyl (C=O) groups excluding carboxylic acids is 2. The van der Waals surface area contributed by atoms with E-state index in [9.17, 15) is 9.59 Å². The first kappa shape index (κ1) is 25.4. The second-order valence-corrected chi connectivity index (χ2v) is 9.20. The molecule has 0 saturated heterocycles. The van der Waals surface area contributed by atoms with Crippen LogP contribution in [-0.4, -0.2) is 55.3 Å². The molecular formula is C26H25ClN6O2S. The van der Waals surface area contributed by atoms with E-state index in [0.717, 1.165) is 16.8 Å². The molecular weight excluding hydrogens is 496 g/mol. The highest BCUT2D eigenvalue weighted by atomic mass is 35.5. The summed E-state index contributed by atoms with van der Waals surface area (Å²) >= 11 is 7.18. The molecule has 1 N–H and O–H groups in total. The van der Waals surface area contributed by atoms with Crippen molar-refractivity contribution in [2.24, 2.45) is 0 Å². The van der Waals surface area contributed by atoms with Gasteiger partial charge in [0.25, 0.3) is 0 Å². The Hall–Kier alpha value is -3.69. The maximum Gasteiger partial charge on any atom is 0.239 e. The molecule has 10 heteroatoms. The van der Waals surface area contributed by atoms with E-state index >= 15 is 0 Å². The monoisotopic (exact) mass is 520 g/mol. The molecule has 4 rings (SSSR count). The minimum atomic E-state index is -0.225. The highest BCUT2D eigenvalue weighted by Gasteiger charge is 2.20. The normalized spacial score (nSPS) is 10.7. The van der Waals surface area contributed by atoms with E-state index in [0.29, 0.717) is 29.1 Å². The van der Waals surface area contributed by atoms with Crippen molar-refractivity contribution in [3.05, 3.63) is 89.7 Å². The Balaban J connectivity index is 1.41. The van der Waals surface area contributed by atoms with Gasteiger partial charge < -0.3 is 10.2 Å². The highest BCUT2D eigenvalue weighted by molar-refractivity contribution is 7.99. The van der Waals surface area contributed by atoms with Gasteiger partial charge in [-0.1, -0.05) is 53.7 Å². The number of rotatable bonds is 10. The van der Waals surface area contributed by atoms with Gasteiger partial charge in [-0.25, -0.2) is 0 Å². The molecule has 0 aliphatic heterocycles. The number of carbonyl (C=O) groups is 2. The number of aromatic nitrogens is 4. The second kappa shape index (κ2) is 12.3. The smallest absolute Gasteiger partial charge is 0.239 e. The Bertz CT molecular complexity index is 1300. The number of benzene rings is 2. The molecule has 0 spiro atoms. The number of pyridine rings is 1. The van der Waals surface area contributed by atoms with Crippen LogP contribution in [0.2, 0.25) is 5.02 Å². The third kappa shape index (κ3) is 6.50. The van der Waals surface area contributed by atoms with Crippen molar-refractivity contribution in [2.75, 3.05) is 18.8 Å². The number of amides is 2. The van der Waals surface area contributed by atoms with Gasteiger partial charge in [-0.05, 0) is 48.9 Å². The van der Waals surface area contributed by atoms with Crippen LogP contribution >= 0.6 is 23.4 Å². The summed E-state index contributed by atoms with van der Waals surface area (Å²) in [6.45, 7) is 2.62. The molecule has 2 heterocycles. The Labute approximate surface area is 218 Å². The summed E-state index contributed by atoms with van der Waals surface area (Å²) in [5, 5.41) is 12.8. The average Bonchev–Trinajstić information content (AvgIpc) is 3.35. The van der Waals surface area contributed by atoms with Crippen LogP contribution in [0.15, 0.2) is 84.3 Å². The molecule has 2 amide bonds. The quantitative estimate of drug-likeness (QED) is 0.314. The van der Waals surface area contributed by atoms with Crippen LogP contribution in [0.5, 0.6) is 0 Å². The number of likely N-dealkylation sites (N-methyl/N-ethyl adjacent to an activating group) is 1. The molecule has 0 bridgehead atoms. The summed E-state index contributed by atoms with van der Waals surface area (Å²) in [6.07, 6.45) is 3.43. The SMILES string of the molecule is CCN(CC(=O)NCc1ccc(Cl)cc1)C(=O)CSc1nnc(-c2cccnc2)n1-c1ccccc1. The molecule has 36 heavy (non-hydrogen) atoms. The van der Waals surface area contributed by atoms with Gasteiger partial charge in [0.15, 0.2) is 11.0 Å². The number of nitrogens with zero attached hydrogens (tertiary/aromatic N) is 5. The summed E-state index contributed by atoms with van der Waals surface area (Å²) in [7, 11) is 0. The Morgan fingerprint density at radius 1 is 1.03 bits per heavy atom. The molecule has 0 aliphatic rings. The van der Waals surface area contributed by atoms with Crippen molar-refractivity contribution in [2.45, 2.75) is 18.6 Å². The summed E-state index contributed by atoms with van der Waals surface area (Å²) in [4.78, 5) is 31.1. The van der Waals surface area contributed by atoms with Crippen molar-refractivity contribution in [3.8, 4) is 17.1 Å². The molecule has 0 aliphatic carbocycles. The van der Waals surface area contributed by atoms with E-state index < -0.39 is 0 Å². The Morgan fingerprint density at radius 2 is 1.81 bits per heavy atom. The van der Waals surface area contributed by atoms with Crippen LogP contribution in [0.3, 0.4) is 0 Å². The number of thioether (sulfide) groups is 1. The van der Waals surface area contributed by atoms with Crippen LogP contribution < -0.4 is 5.32 Å². The summed E-state index contributed by atoms with van der Waals surface area (Å²) in [6, 6.07) is 20.7. The number of para-hydroxylation sites is 1. The lowest BCUT2D eigenvalue weighted by molar-refractivity contribution is -0.133. The van der Waals surface area contributed by atoms with Crippen LogP contribution in [0.4, 0.5) is 0 Å². The summed E-state index contributed by atoms with van der Waals surface area (Å²) < 4.78 is 1.91. The maximum atomic E-state index is 13.0. The molecule has 0 unspecified atom stereocenters. The maximum absolute atomic E-state index is 13.0. The van der Waals surface area contributed by atoms with E-state index in [4.69, 9.17) is 11.6 Å². The molecule has 2 aromatic heterocycles. The molecule has 0 saturated carbocycles. The lowest BCUT2D eigenvalue weighted by Crippen LogP contribution is -2.41. The standard InChI is InChI=1S/C26H25ClN6O2S/c1-2-32(17-23(34)29-15-19-10-12-21(27)13-11-19)24(35)18-36-26-31-30-25(20-7-6-14-28-16-20)33(26)22-8-4-3-5-9-22/h3-14,16H,2,15,17-18H2,1H3,(H,29,34). The first-order valence-corrected chi connectivity index (χ1v) is 12.7. The van der Waals surface area contributed by atoms with E-state index in [-0.39, 0.29) is 24.1 Å². The second-order valence-electron chi connectivity index (χ2n) is 7.82. The number of nitrogens with one attached hydrogen (secondary N) is 1. The van der Waals surface area contributed by atoms with Gasteiger partial charge in [0.2, 0.25) is 11.8 Å². The van der Waals surface area contributed by atoms with Crippen molar-refractivity contribution in [3.63, 3.8) is 0 Å². The lowest BCUT2D eigenvalue weighted by atomic mass is 10.2. The minimum absolute atomic E-state index is 0.0181. The fourth-order valence-electron chi connectivity index (χ4n) is 3.48. The minimum Gasteiger partial charge on any atom is -0.350 e. The summed E-state index contributed by atoms with van der Waals surface area (Å²) in [5.74, 6) is 0.375. The number of halogens is 1. The average molecular weight is 521 g/mol. The molecule has 8 nitrogen and oxygen atoms in total. The van der Waals surface area contributed by atoms with Crippen molar-refractivity contribution < 1.29 is 9.59 Å². The zero-order valence-corrected chi connectivity index (χ0v) is 21.2. The molecule has 0 fully saturated rings. The third-order valence-corrected chi connectivity index (χ3v) is 6.53. The fraction of sp³-hybridized carbons (Fsp3) is 0.192. The molecule has 2 aromatic carbocycles. The van der Waals surface area contributed by atoms with E-state index in [2.05, 4.69) is 20.5 Å². The lowest BCUT2D eigenvalue weighted by Gasteiger charge is -2.20. The van der Waals surface area contributed by atoms with Crippen LogP contribution in [0.1, 0.15) is 12.5 Å². The molecule has 0 atom stereocenters. The molecule has 4 aromatic rings. The van der Waals surface area contributed by atoms with Gasteiger partial charge in [-0.3, -0.25) is 19.1 Å². The first-order chi connectivity index (χ1) is 17.5. The van der Waals surface area contributed by atoms with Gasteiger partial charge >= 0.3 is 0 Å². The van der Waals surface area contributed by atoms with E-state index in [1.165, 1.54) is 16.7 Å². The third-order valence-electron chi connectivity index (χ3n) is 5.36. The fourth-order valence-corrected chi connectivity index (χ4v) is 4.46. The first-order valence-electron chi connectivity index (χ1n) is 11.4. The number of hydrogen-bond acceptors (Lipinski definition) is 6. The summed E-state index contributed by atoms with van der Waals surface area (Å²) in [5.41, 5.74) is 2.63. The zero-order valence-electron chi connectivity index (χ0n) is 19.7. The number of hydrogen-bond donors (Lipinski definition) is 1. The topological polar surface area (TPSA) is 93.0 Å². The molecule has 184 valence electrons. The van der Waals surface area contributed by atoms with E-state index in [1.807, 2.05) is 66.1 Å². The highest BCUT2D eigenvalue weighted by Crippen LogP contribution is 2.27. The van der Waals surface area contributed by atoms with Gasteiger partial charge in [0, 0.05) is 41.8 Å². The van der Waals surface area contributed by atoms with Crippen LogP contribution in [0, 0.1) is 0 Å². The van der Waals surface area contributed by atoms with Gasteiger partial charge in [-0.2, -0.15) is 0 Å². The predicted octanol–water partition coefficient (Wildman–Crippen LogP) is 4.24. The van der Waals surface area contributed by atoms with Crippen LogP contribution in [-0.2, 0) is 16.1 Å². The predicted molar refractivity (Wildman–Crippen MR) is 141 cm³/mol. The zero-order chi connectivity index (χ0) is 25.3. The van der Waals surface area contributed by atoms with Crippen molar-refractivity contribution in [1.29, 1.82) is 0 Å². The van der Waals surface area contributed by atoms with Gasteiger partial charge in [-0.15, -0.1) is 10.2 Å². The Morgan fingerprint density at radius 3 is 2.50 bits per heavy atom. The molecule has 0 radical (unpaired) electrons. The van der Waals surface area contributed by atoms with Crippen molar-refractivity contribution in [1.82, 2.24) is 30.0 Å². The van der Waals surface area contributed by atoms with Crippen LogP contribution in [0.25, 0.3) is 17.1 Å². The Kier molecular flexibility index (Phi) is 8.70. The van der Waals surface area contributed by atoms with Gasteiger partial charge in [0.1, 0.15) is 0 Å². The van der Waals surface area contributed by atoms with Crippen molar-refractivity contribution >= 4 is 35.2 Å².